The molecule has 8 aromatic rings. The molecule has 0 radical (unpaired) electrons. The minimum absolute atomic E-state index is 0.116. The lowest BCUT2D eigenvalue weighted by atomic mass is 9.87. The molecular weight excluding hydrogens is 508 g/mol. The average molecular weight is 541 g/mol. The topological polar surface area (TPSA) is 9.86 Å². The van der Waals surface area contributed by atoms with Gasteiger partial charge in [-0.05, 0) is 81.4 Å². The molecular formula is C40H32N2. The van der Waals surface area contributed by atoms with Gasteiger partial charge in [-0.15, -0.1) is 0 Å². The fourth-order valence-electron chi connectivity index (χ4n) is 6.46. The summed E-state index contributed by atoms with van der Waals surface area (Å²) < 4.78 is 4.70. The number of para-hydroxylation sites is 1. The van der Waals surface area contributed by atoms with E-state index in [1.54, 1.807) is 0 Å². The Labute approximate surface area is 246 Å². The standard InChI is InChI=1S/C40H32N2/c1-40(2,3)31-16-20-33(21-17-31)42-38-23-15-30(26-36(38)35-22-14-28-8-4-6-10-34(28)39(35)42)27-12-18-32(19-13-27)41-25-24-29-9-5-7-11-37(29)41/h4-26H,1-3H3. The molecule has 0 bridgehead atoms. The van der Waals surface area contributed by atoms with Crippen molar-refractivity contribution in [1.29, 1.82) is 0 Å². The van der Waals surface area contributed by atoms with E-state index in [-0.39, 0.29) is 5.41 Å². The number of nitrogens with zero attached hydrogens (tertiary/aromatic N) is 2. The van der Waals surface area contributed by atoms with Crippen molar-refractivity contribution in [2.75, 3.05) is 0 Å². The normalized spacial score (nSPS) is 12.2. The lowest BCUT2D eigenvalue weighted by molar-refractivity contribution is 0.590. The zero-order valence-electron chi connectivity index (χ0n) is 24.2. The van der Waals surface area contributed by atoms with Gasteiger partial charge in [-0.2, -0.15) is 0 Å². The van der Waals surface area contributed by atoms with E-state index in [1.807, 2.05) is 0 Å². The first-order chi connectivity index (χ1) is 20.5. The monoisotopic (exact) mass is 540 g/mol. The fourth-order valence-corrected chi connectivity index (χ4v) is 6.46. The predicted molar refractivity (Wildman–Crippen MR) is 179 cm³/mol. The Kier molecular flexibility index (Phi) is 5.42. The van der Waals surface area contributed by atoms with Gasteiger partial charge in [0, 0.05) is 33.7 Å². The molecule has 0 atom stereocenters. The highest BCUT2D eigenvalue weighted by molar-refractivity contribution is 6.19. The first-order valence-corrected chi connectivity index (χ1v) is 14.7. The van der Waals surface area contributed by atoms with Crippen LogP contribution >= 0.6 is 0 Å². The van der Waals surface area contributed by atoms with Crippen LogP contribution in [0.15, 0.2) is 140 Å². The zero-order chi connectivity index (χ0) is 28.4. The highest BCUT2D eigenvalue weighted by atomic mass is 15.0. The Morgan fingerprint density at radius 2 is 1.17 bits per heavy atom. The molecule has 2 heterocycles. The van der Waals surface area contributed by atoms with Gasteiger partial charge in [-0.3, -0.25) is 0 Å². The molecule has 8 rings (SSSR count). The van der Waals surface area contributed by atoms with E-state index in [0.29, 0.717) is 0 Å². The van der Waals surface area contributed by atoms with Crippen LogP contribution in [0.5, 0.6) is 0 Å². The van der Waals surface area contributed by atoms with Gasteiger partial charge in [0.15, 0.2) is 0 Å². The molecule has 0 spiro atoms. The Bertz CT molecular complexity index is 2250. The molecule has 0 saturated heterocycles. The summed E-state index contributed by atoms with van der Waals surface area (Å²) in [6.45, 7) is 6.81. The van der Waals surface area contributed by atoms with Crippen molar-refractivity contribution in [3.05, 3.63) is 145 Å². The minimum Gasteiger partial charge on any atom is -0.317 e. The van der Waals surface area contributed by atoms with E-state index in [4.69, 9.17) is 0 Å². The largest absolute Gasteiger partial charge is 0.317 e. The van der Waals surface area contributed by atoms with Crippen molar-refractivity contribution >= 4 is 43.5 Å². The van der Waals surface area contributed by atoms with Crippen molar-refractivity contribution < 1.29 is 0 Å². The quantitative estimate of drug-likeness (QED) is 0.211. The lowest BCUT2D eigenvalue weighted by Crippen LogP contribution is -2.10. The summed E-state index contributed by atoms with van der Waals surface area (Å²) in [7, 11) is 0. The van der Waals surface area contributed by atoms with Crippen molar-refractivity contribution in [1.82, 2.24) is 9.13 Å². The first kappa shape index (κ1) is 24.7. The van der Waals surface area contributed by atoms with E-state index in [9.17, 15) is 0 Å². The van der Waals surface area contributed by atoms with E-state index in [2.05, 4.69) is 170 Å². The summed E-state index contributed by atoms with van der Waals surface area (Å²) in [5.74, 6) is 0. The highest BCUT2D eigenvalue weighted by Crippen LogP contribution is 2.39. The molecule has 0 N–H and O–H groups in total. The van der Waals surface area contributed by atoms with Crippen molar-refractivity contribution in [2.45, 2.75) is 26.2 Å². The van der Waals surface area contributed by atoms with Crippen LogP contribution in [0, 0.1) is 0 Å². The van der Waals surface area contributed by atoms with Gasteiger partial charge < -0.3 is 9.13 Å². The predicted octanol–water partition coefficient (Wildman–Crippen LogP) is 10.8. The van der Waals surface area contributed by atoms with E-state index >= 15 is 0 Å². The number of aromatic nitrogens is 2. The van der Waals surface area contributed by atoms with Gasteiger partial charge in [0.05, 0.1) is 16.6 Å². The number of rotatable bonds is 3. The number of hydrogen-bond acceptors (Lipinski definition) is 0. The lowest BCUT2D eigenvalue weighted by Gasteiger charge is -2.19. The number of fused-ring (bicyclic) bond motifs is 6. The second-order valence-corrected chi connectivity index (χ2v) is 12.3. The van der Waals surface area contributed by atoms with Gasteiger partial charge in [0.2, 0.25) is 0 Å². The molecule has 0 aliphatic heterocycles. The second kappa shape index (κ2) is 9.22. The molecule has 0 aliphatic carbocycles. The van der Waals surface area contributed by atoms with Crippen molar-refractivity contribution in [2.24, 2.45) is 0 Å². The summed E-state index contributed by atoms with van der Waals surface area (Å²) in [6, 6.07) is 48.9. The Morgan fingerprint density at radius 1 is 0.476 bits per heavy atom. The fraction of sp³-hybridized carbons (Fsp3) is 0.100. The molecule has 2 heteroatoms. The average Bonchev–Trinajstić information content (AvgIpc) is 3.60. The molecule has 2 aromatic heterocycles. The summed E-state index contributed by atoms with van der Waals surface area (Å²) >= 11 is 0. The van der Waals surface area contributed by atoms with Crippen LogP contribution in [0.2, 0.25) is 0 Å². The van der Waals surface area contributed by atoms with Gasteiger partial charge >= 0.3 is 0 Å². The van der Waals surface area contributed by atoms with Crippen LogP contribution in [0.25, 0.3) is 66.0 Å². The third-order valence-corrected chi connectivity index (χ3v) is 8.72. The maximum atomic E-state index is 2.45. The van der Waals surface area contributed by atoms with Crippen molar-refractivity contribution in [3.63, 3.8) is 0 Å². The van der Waals surface area contributed by atoms with E-state index in [0.717, 1.165) is 0 Å². The molecule has 6 aromatic carbocycles. The zero-order valence-corrected chi connectivity index (χ0v) is 24.2. The van der Waals surface area contributed by atoms with Crippen LogP contribution in [0.1, 0.15) is 26.3 Å². The molecule has 0 fully saturated rings. The maximum absolute atomic E-state index is 2.45. The third-order valence-electron chi connectivity index (χ3n) is 8.72. The smallest absolute Gasteiger partial charge is 0.0619 e. The van der Waals surface area contributed by atoms with Gasteiger partial charge in [-0.1, -0.05) is 106 Å². The van der Waals surface area contributed by atoms with Crippen LogP contribution in [-0.2, 0) is 5.41 Å². The minimum atomic E-state index is 0.116. The summed E-state index contributed by atoms with van der Waals surface area (Å²) in [5.41, 5.74) is 9.97. The SMILES string of the molecule is CC(C)(C)c1ccc(-n2c3ccc(-c4ccc(-n5ccc6ccccc65)cc4)cc3c3ccc4ccccc4c32)cc1. The Balaban J connectivity index is 1.30. The molecule has 202 valence electrons. The molecule has 0 aliphatic rings. The van der Waals surface area contributed by atoms with E-state index < -0.39 is 0 Å². The van der Waals surface area contributed by atoms with E-state index in [1.165, 1.54) is 71.5 Å². The van der Waals surface area contributed by atoms with Crippen LogP contribution in [0.3, 0.4) is 0 Å². The highest BCUT2D eigenvalue weighted by Gasteiger charge is 2.18. The number of hydrogen-bond donors (Lipinski definition) is 0. The first-order valence-electron chi connectivity index (χ1n) is 14.7. The second-order valence-electron chi connectivity index (χ2n) is 12.3. The molecule has 2 nitrogen and oxygen atoms in total. The van der Waals surface area contributed by atoms with Crippen molar-refractivity contribution in [3.8, 4) is 22.5 Å². The summed E-state index contributed by atoms with van der Waals surface area (Å²) in [6.07, 6.45) is 2.15. The van der Waals surface area contributed by atoms with Gasteiger partial charge in [0.1, 0.15) is 0 Å². The Hall–Kier alpha value is -5.08. The molecule has 42 heavy (non-hydrogen) atoms. The Morgan fingerprint density at radius 3 is 1.95 bits per heavy atom. The summed E-state index contributed by atoms with van der Waals surface area (Å²) in [5, 5.41) is 6.34. The summed E-state index contributed by atoms with van der Waals surface area (Å²) in [4.78, 5) is 0. The number of benzene rings is 6. The maximum Gasteiger partial charge on any atom is 0.0619 e. The third kappa shape index (κ3) is 3.87. The molecule has 0 saturated carbocycles. The van der Waals surface area contributed by atoms with Crippen LogP contribution in [0.4, 0.5) is 0 Å². The molecule has 0 unspecified atom stereocenters. The van der Waals surface area contributed by atoms with Gasteiger partial charge in [0.25, 0.3) is 0 Å². The van der Waals surface area contributed by atoms with Crippen LogP contribution in [-0.4, -0.2) is 9.13 Å². The van der Waals surface area contributed by atoms with Crippen LogP contribution < -0.4 is 0 Å². The molecule has 0 amide bonds. The van der Waals surface area contributed by atoms with Gasteiger partial charge in [-0.25, -0.2) is 0 Å².